The standard InChI is InChI=1S/C29H24F3N7O2/c1-28(34)11-29(12-28,13-33)23-16(30)8-14(10-35-23)17-6-7-18-24(36-17)39-19-9-20(25(39)37-18)38(2)26(40)15-4-3-5-21(22(15)19)41-27(31)32/h3-8,10,19-20,27H,9,11-12,34H2,1-2H3/t19-,20-,28?,29?/m1/s1/i2D3. The number of alkyl halides is 2. The molecule has 0 spiro atoms. The second-order valence-electron chi connectivity index (χ2n) is 11.2. The van der Waals surface area contributed by atoms with Gasteiger partial charge in [-0.05, 0) is 50.1 Å². The number of nitrogens with two attached hydrogens (primary N) is 1. The first-order valence-corrected chi connectivity index (χ1v) is 12.9. The van der Waals surface area contributed by atoms with Crippen LogP contribution in [0.3, 0.4) is 0 Å². The molecule has 3 aromatic heterocycles. The van der Waals surface area contributed by atoms with Crippen LogP contribution < -0.4 is 10.5 Å². The number of halogens is 3. The summed E-state index contributed by atoms with van der Waals surface area (Å²) in [4.78, 5) is 28.0. The summed E-state index contributed by atoms with van der Waals surface area (Å²) in [5.74, 6) is -1.56. The highest BCUT2D eigenvalue weighted by atomic mass is 19.3. The molecule has 9 nitrogen and oxygen atoms in total. The molecular formula is C29H24F3N7O2. The van der Waals surface area contributed by atoms with Gasteiger partial charge in [0.15, 0.2) is 5.65 Å². The molecule has 2 aliphatic heterocycles. The molecule has 1 aromatic carbocycles. The van der Waals surface area contributed by atoms with Gasteiger partial charge in [0.1, 0.15) is 28.3 Å². The maximum Gasteiger partial charge on any atom is 0.387 e. The Labute approximate surface area is 236 Å². The van der Waals surface area contributed by atoms with E-state index in [2.05, 4.69) is 16.0 Å². The smallest absolute Gasteiger partial charge is 0.387 e. The molecule has 2 N–H and O–H groups in total. The number of nitrogens with zero attached hydrogens (tertiary/aromatic N) is 6. The fourth-order valence-corrected chi connectivity index (χ4v) is 6.69. The summed E-state index contributed by atoms with van der Waals surface area (Å²) < 4.78 is 73.2. The Balaban J connectivity index is 1.38. The predicted octanol–water partition coefficient (Wildman–Crippen LogP) is 4.63. The van der Waals surface area contributed by atoms with Gasteiger partial charge in [-0.25, -0.2) is 14.4 Å². The first-order chi connectivity index (χ1) is 20.7. The van der Waals surface area contributed by atoms with Crippen LogP contribution in [0.25, 0.3) is 22.4 Å². The van der Waals surface area contributed by atoms with Gasteiger partial charge >= 0.3 is 6.61 Å². The van der Waals surface area contributed by atoms with Gasteiger partial charge < -0.3 is 19.9 Å². The van der Waals surface area contributed by atoms with Crippen molar-refractivity contribution in [3.05, 3.63) is 71.1 Å². The molecule has 0 radical (unpaired) electrons. The number of nitriles is 1. The van der Waals surface area contributed by atoms with E-state index in [1.165, 1.54) is 30.5 Å². The lowest BCUT2D eigenvalue weighted by Gasteiger charge is -2.48. The zero-order valence-corrected chi connectivity index (χ0v) is 21.6. The van der Waals surface area contributed by atoms with Gasteiger partial charge in [-0.15, -0.1) is 0 Å². The number of carbonyl (C=O) groups excluding carboxylic acids is 1. The molecule has 1 amide bonds. The summed E-state index contributed by atoms with van der Waals surface area (Å²) >= 11 is 0. The molecule has 2 atom stereocenters. The quantitative estimate of drug-likeness (QED) is 0.385. The summed E-state index contributed by atoms with van der Waals surface area (Å²) in [7, 11) is 0. The lowest BCUT2D eigenvalue weighted by Crippen LogP contribution is -2.58. The summed E-state index contributed by atoms with van der Waals surface area (Å²) in [5.41, 5.74) is 5.68. The number of hydrogen-bond acceptors (Lipinski definition) is 7. The third-order valence-corrected chi connectivity index (χ3v) is 8.21. The second-order valence-corrected chi connectivity index (χ2v) is 11.2. The molecule has 3 aliphatic rings. The van der Waals surface area contributed by atoms with Crippen molar-refractivity contribution in [1.82, 2.24) is 24.4 Å². The molecule has 7 rings (SSSR count). The van der Waals surface area contributed by atoms with Crippen molar-refractivity contribution >= 4 is 17.1 Å². The zero-order chi connectivity index (χ0) is 31.3. The van der Waals surface area contributed by atoms with E-state index in [0.717, 1.165) is 4.90 Å². The normalized spacial score (nSPS) is 27.8. The molecule has 41 heavy (non-hydrogen) atoms. The van der Waals surface area contributed by atoms with Crippen LogP contribution in [0.2, 0.25) is 0 Å². The van der Waals surface area contributed by atoms with Gasteiger partial charge in [0.05, 0.1) is 29.5 Å². The monoisotopic (exact) mass is 562 g/mol. The zero-order valence-electron chi connectivity index (χ0n) is 24.6. The fourth-order valence-electron chi connectivity index (χ4n) is 6.69. The average molecular weight is 563 g/mol. The number of hydrogen-bond donors (Lipinski definition) is 1. The largest absolute Gasteiger partial charge is 0.434 e. The van der Waals surface area contributed by atoms with Crippen molar-refractivity contribution in [2.45, 2.75) is 55.8 Å². The van der Waals surface area contributed by atoms with E-state index in [-0.39, 0.29) is 53.3 Å². The number of amides is 1. The minimum Gasteiger partial charge on any atom is -0.434 e. The average Bonchev–Trinajstić information content (AvgIpc) is 3.43. The van der Waals surface area contributed by atoms with Crippen LogP contribution in [0.5, 0.6) is 5.75 Å². The number of fused-ring (bicyclic) bond motifs is 9. The molecule has 12 heteroatoms. The van der Waals surface area contributed by atoms with Crippen LogP contribution >= 0.6 is 0 Å². The van der Waals surface area contributed by atoms with Gasteiger partial charge in [0, 0.05) is 45.9 Å². The Morgan fingerprint density at radius 1 is 1.24 bits per heavy atom. The third-order valence-electron chi connectivity index (χ3n) is 8.21. The summed E-state index contributed by atoms with van der Waals surface area (Å²) in [5, 5.41) is 9.79. The Kier molecular flexibility index (Phi) is 4.61. The molecule has 1 saturated carbocycles. The number of carbonyl (C=O) groups is 1. The highest BCUT2D eigenvalue weighted by Gasteiger charge is 2.54. The number of pyridine rings is 2. The summed E-state index contributed by atoms with van der Waals surface area (Å²) in [6, 6.07) is 8.83. The van der Waals surface area contributed by atoms with Gasteiger partial charge in [-0.2, -0.15) is 14.0 Å². The van der Waals surface area contributed by atoms with Gasteiger partial charge in [-0.1, -0.05) is 6.07 Å². The van der Waals surface area contributed by atoms with Crippen molar-refractivity contribution in [2.75, 3.05) is 6.98 Å². The van der Waals surface area contributed by atoms with Crippen LogP contribution in [-0.2, 0) is 5.41 Å². The van der Waals surface area contributed by atoms with E-state index in [4.69, 9.17) is 19.6 Å². The highest BCUT2D eigenvalue weighted by Crippen LogP contribution is 2.50. The lowest BCUT2D eigenvalue weighted by molar-refractivity contribution is -0.0507. The van der Waals surface area contributed by atoms with Gasteiger partial charge in [0.25, 0.3) is 5.91 Å². The molecule has 0 saturated heterocycles. The van der Waals surface area contributed by atoms with Crippen LogP contribution in [0.15, 0.2) is 42.6 Å². The van der Waals surface area contributed by atoms with Gasteiger partial charge in [-0.3, -0.25) is 9.78 Å². The topological polar surface area (TPSA) is 123 Å². The molecule has 1 aliphatic carbocycles. The Morgan fingerprint density at radius 3 is 2.73 bits per heavy atom. The maximum atomic E-state index is 15.4. The molecule has 208 valence electrons. The second kappa shape index (κ2) is 8.50. The Bertz CT molecular complexity index is 1910. The Morgan fingerprint density at radius 2 is 2.05 bits per heavy atom. The van der Waals surface area contributed by atoms with E-state index in [9.17, 15) is 18.8 Å². The molecule has 0 unspecified atom stereocenters. The van der Waals surface area contributed by atoms with Crippen LogP contribution in [0, 0.1) is 17.1 Å². The lowest BCUT2D eigenvalue weighted by atomic mass is 9.57. The molecule has 2 bridgehead atoms. The predicted molar refractivity (Wildman–Crippen MR) is 140 cm³/mol. The van der Waals surface area contributed by atoms with E-state index in [1.54, 1.807) is 23.6 Å². The van der Waals surface area contributed by atoms with E-state index >= 15 is 4.39 Å². The minimum absolute atomic E-state index is 0.0145. The molecule has 1 fully saturated rings. The molecule has 5 heterocycles. The fraction of sp³-hybridized carbons (Fsp3) is 0.345. The summed E-state index contributed by atoms with van der Waals surface area (Å²) in [6.45, 7) is -4.26. The number of ether oxygens (including phenoxy) is 1. The maximum absolute atomic E-state index is 15.4. The third kappa shape index (κ3) is 3.65. The van der Waals surface area contributed by atoms with Crippen LogP contribution in [0.4, 0.5) is 13.2 Å². The SMILES string of the molecule is [2H]C([2H])([2H])N1C(=O)c2cccc(OC(F)F)c2[C@H]2C[C@@H]1c1nc3ccc(-c4cnc(C5(C#N)CC(C)(N)C5)c(F)c4)nc3n12. The van der Waals surface area contributed by atoms with Crippen LogP contribution in [0.1, 0.15) is 69.8 Å². The van der Waals surface area contributed by atoms with Crippen molar-refractivity contribution in [1.29, 1.82) is 5.26 Å². The molecular weight excluding hydrogens is 535 g/mol. The van der Waals surface area contributed by atoms with E-state index < -0.39 is 48.3 Å². The van der Waals surface area contributed by atoms with E-state index in [0.29, 0.717) is 16.8 Å². The number of imidazole rings is 1. The van der Waals surface area contributed by atoms with Crippen LogP contribution in [-0.4, -0.2) is 49.5 Å². The van der Waals surface area contributed by atoms with E-state index in [1.807, 2.05) is 0 Å². The Hall–Kier alpha value is -4.50. The van der Waals surface area contributed by atoms with Crippen molar-refractivity contribution in [2.24, 2.45) is 5.73 Å². The first-order valence-electron chi connectivity index (χ1n) is 14.4. The number of aromatic nitrogens is 4. The first kappa shape index (κ1) is 22.2. The molecule has 4 aromatic rings. The van der Waals surface area contributed by atoms with Crippen molar-refractivity contribution in [3.8, 4) is 23.1 Å². The number of benzene rings is 1. The van der Waals surface area contributed by atoms with Crippen molar-refractivity contribution < 1.29 is 26.8 Å². The summed E-state index contributed by atoms with van der Waals surface area (Å²) in [6.07, 6.45) is 1.99. The highest BCUT2D eigenvalue weighted by molar-refractivity contribution is 5.97. The number of rotatable bonds is 4. The van der Waals surface area contributed by atoms with Gasteiger partial charge in [0.2, 0.25) is 0 Å². The van der Waals surface area contributed by atoms with Crippen molar-refractivity contribution in [3.63, 3.8) is 0 Å². The minimum atomic E-state index is -3.19.